The summed E-state index contributed by atoms with van der Waals surface area (Å²) in [4.78, 5) is 28.1. The fourth-order valence-electron chi connectivity index (χ4n) is 3.50. The van der Waals surface area contributed by atoms with Crippen LogP contribution in [0.25, 0.3) is 0 Å². The molecular formula is C23H28N2O4. The number of hydrogen-bond acceptors (Lipinski definition) is 4. The minimum Gasteiger partial charge on any atom is -0.478 e. The molecule has 0 aromatic heterocycles. The van der Waals surface area contributed by atoms with Gasteiger partial charge in [-0.1, -0.05) is 42.5 Å². The number of ether oxygens (including phenoxy) is 1. The van der Waals surface area contributed by atoms with E-state index in [4.69, 9.17) is 9.84 Å². The Morgan fingerprint density at radius 3 is 2.28 bits per heavy atom. The molecule has 2 aromatic carbocycles. The Kier molecular flexibility index (Phi) is 6.23. The first-order valence-corrected chi connectivity index (χ1v) is 9.82. The SMILES string of the molecule is CC(C)(C)OC(=O)N1CCN(Cc2ccccc2)CC1c1ccc(C(=O)O)cc1. The Balaban J connectivity index is 1.82. The highest BCUT2D eigenvalue weighted by molar-refractivity contribution is 5.87. The van der Waals surface area contributed by atoms with Gasteiger partial charge in [0.1, 0.15) is 5.60 Å². The highest BCUT2D eigenvalue weighted by Crippen LogP contribution is 2.28. The topological polar surface area (TPSA) is 70.1 Å². The molecule has 0 spiro atoms. The largest absolute Gasteiger partial charge is 0.478 e. The molecule has 6 heteroatoms. The number of rotatable bonds is 4. The van der Waals surface area contributed by atoms with Crippen LogP contribution in [0.3, 0.4) is 0 Å². The summed E-state index contributed by atoms with van der Waals surface area (Å²) >= 11 is 0. The molecule has 1 saturated heterocycles. The zero-order valence-corrected chi connectivity index (χ0v) is 17.2. The monoisotopic (exact) mass is 396 g/mol. The summed E-state index contributed by atoms with van der Waals surface area (Å²) in [6.45, 7) is 8.31. The van der Waals surface area contributed by atoms with E-state index in [1.54, 1.807) is 29.2 Å². The van der Waals surface area contributed by atoms with E-state index in [1.807, 2.05) is 39.0 Å². The average molecular weight is 396 g/mol. The quantitative estimate of drug-likeness (QED) is 0.840. The maximum Gasteiger partial charge on any atom is 0.410 e. The number of piperazine rings is 1. The Hall–Kier alpha value is -2.86. The van der Waals surface area contributed by atoms with Crippen molar-refractivity contribution in [3.63, 3.8) is 0 Å². The molecule has 1 N–H and O–H groups in total. The Morgan fingerprint density at radius 1 is 1.03 bits per heavy atom. The first-order valence-electron chi connectivity index (χ1n) is 9.82. The molecule has 1 atom stereocenters. The van der Waals surface area contributed by atoms with Gasteiger partial charge < -0.3 is 9.84 Å². The Bertz CT molecular complexity index is 843. The molecule has 1 heterocycles. The molecule has 3 rings (SSSR count). The number of hydrogen-bond donors (Lipinski definition) is 1. The van der Waals surface area contributed by atoms with Crippen LogP contribution in [0.15, 0.2) is 54.6 Å². The minimum absolute atomic E-state index is 0.204. The number of carboxylic acids is 1. The van der Waals surface area contributed by atoms with Gasteiger partial charge in [0.05, 0.1) is 11.6 Å². The van der Waals surface area contributed by atoms with Gasteiger partial charge in [0.2, 0.25) is 0 Å². The third kappa shape index (κ3) is 5.57. The van der Waals surface area contributed by atoms with Crippen LogP contribution < -0.4 is 0 Å². The van der Waals surface area contributed by atoms with Crippen molar-refractivity contribution in [2.75, 3.05) is 19.6 Å². The molecule has 29 heavy (non-hydrogen) atoms. The maximum atomic E-state index is 12.8. The summed E-state index contributed by atoms with van der Waals surface area (Å²) in [5.74, 6) is -0.963. The van der Waals surface area contributed by atoms with Crippen molar-refractivity contribution in [2.45, 2.75) is 39.0 Å². The molecule has 1 amide bonds. The fourth-order valence-corrected chi connectivity index (χ4v) is 3.50. The summed E-state index contributed by atoms with van der Waals surface area (Å²) in [5.41, 5.74) is 1.78. The van der Waals surface area contributed by atoms with Gasteiger partial charge in [-0.25, -0.2) is 9.59 Å². The van der Waals surface area contributed by atoms with E-state index in [-0.39, 0.29) is 17.7 Å². The van der Waals surface area contributed by atoms with E-state index < -0.39 is 11.6 Å². The number of aromatic carboxylic acids is 1. The van der Waals surface area contributed by atoms with Crippen LogP contribution in [0, 0.1) is 0 Å². The predicted octanol–water partition coefficient (Wildman–Crippen LogP) is 4.18. The maximum absolute atomic E-state index is 12.8. The summed E-state index contributed by atoms with van der Waals surface area (Å²) in [6.07, 6.45) is -0.343. The molecule has 6 nitrogen and oxygen atoms in total. The van der Waals surface area contributed by atoms with Crippen LogP contribution in [0.2, 0.25) is 0 Å². The van der Waals surface area contributed by atoms with Gasteiger partial charge in [-0.05, 0) is 44.0 Å². The van der Waals surface area contributed by atoms with Crippen molar-refractivity contribution in [2.24, 2.45) is 0 Å². The first-order chi connectivity index (χ1) is 13.7. The molecule has 1 aliphatic heterocycles. The zero-order valence-electron chi connectivity index (χ0n) is 17.2. The number of nitrogens with zero attached hydrogens (tertiary/aromatic N) is 2. The number of carboxylic acid groups (broad SMARTS) is 1. The molecule has 1 unspecified atom stereocenters. The summed E-state index contributed by atoms with van der Waals surface area (Å²) in [6, 6.07) is 16.8. The lowest BCUT2D eigenvalue weighted by molar-refractivity contribution is -0.00301. The molecule has 0 saturated carbocycles. The average Bonchev–Trinajstić information content (AvgIpc) is 2.67. The van der Waals surface area contributed by atoms with Crippen molar-refractivity contribution < 1.29 is 19.4 Å². The van der Waals surface area contributed by atoms with Crippen LogP contribution in [-0.4, -0.2) is 52.2 Å². The summed E-state index contributed by atoms with van der Waals surface area (Å²) < 4.78 is 5.62. The molecule has 1 aliphatic rings. The van der Waals surface area contributed by atoms with E-state index in [0.717, 1.165) is 18.7 Å². The molecule has 0 radical (unpaired) electrons. The van der Waals surface area contributed by atoms with Gasteiger partial charge in [-0.3, -0.25) is 9.80 Å². The van der Waals surface area contributed by atoms with Gasteiger partial charge >= 0.3 is 12.1 Å². The van der Waals surface area contributed by atoms with Crippen LogP contribution >= 0.6 is 0 Å². The van der Waals surface area contributed by atoms with E-state index in [2.05, 4.69) is 17.0 Å². The normalized spacial score (nSPS) is 17.8. The minimum atomic E-state index is -0.963. The summed E-state index contributed by atoms with van der Waals surface area (Å²) in [5, 5.41) is 9.17. The van der Waals surface area contributed by atoms with E-state index in [9.17, 15) is 9.59 Å². The Labute approximate surface area is 171 Å². The van der Waals surface area contributed by atoms with E-state index in [0.29, 0.717) is 13.1 Å². The highest BCUT2D eigenvalue weighted by Gasteiger charge is 2.34. The van der Waals surface area contributed by atoms with E-state index >= 15 is 0 Å². The second-order valence-electron chi connectivity index (χ2n) is 8.34. The predicted molar refractivity (Wildman–Crippen MR) is 111 cm³/mol. The smallest absolute Gasteiger partial charge is 0.410 e. The van der Waals surface area contributed by atoms with Crippen LogP contribution in [0.4, 0.5) is 4.79 Å². The number of amides is 1. The van der Waals surface area contributed by atoms with Gasteiger partial charge in [-0.15, -0.1) is 0 Å². The number of carbonyl (C=O) groups is 2. The standard InChI is InChI=1S/C23H28N2O4/c1-23(2,3)29-22(28)25-14-13-24(15-17-7-5-4-6-8-17)16-20(25)18-9-11-19(12-10-18)21(26)27/h4-12,20H,13-16H2,1-3H3,(H,26,27). The van der Waals surface area contributed by atoms with Gasteiger partial charge in [0.15, 0.2) is 0 Å². The number of carbonyl (C=O) groups excluding carboxylic acids is 1. The van der Waals surface area contributed by atoms with Crippen molar-refractivity contribution in [1.29, 1.82) is 0 Å². The molecule has 0 bridgehead atoms. The van der Waals surface area contributed by atoms with Crippen LogP contribution in [0.1, 0.15) is 48.3 Å². The van der Waals surface area contributed by atoms with Crippen molar-refractivity contribution >= 4 is 12.1 Å². The molecule has 0 aliphatic carbocycles. The van der Waals surface area contributed by atoms with Crippen molar-refractivity contribution in [1.82, 2.24) is 9.80 Å². The summed E-state index contributed by atoms with van der Waals surface area (Å²) in [7, 11) is 0. The third-order valence-corrected chi connectivity index (χ3v) is 4.88. The van der Waals surface area contributed by atoms with Crippen molar-refractivity contribution in [3.8, 4) is 0 Å². The molecule has 154 valence electrons. The first kappa shape index (κ1) is 20.9. The number of benzene rings is 2. The molecule has 1 fully saturated rings. The van der Waals surface area contributed by atoms with E-state index in [1.165, 1.54) is 5.56 Å². The Morgan fingerprint density at radius 2 is 1.69 bits per heavy atom. The third-order valence-electron chi connectivity index (χ3n) is 4.88. The van der Waals surface area contributed by atoms with Crippen molar-refractivity contribution in [3.05, 3.63) is 71.3 Å². The van der Waals surface area contributed by atoms with Gasteiger partial charge in [0.25, 0.3) is 0 Å². The second kappa shape index (κ2) is 8.66. The fraction of sp³-hybridized carbons (Fsp3) is 0.391. The lowest BCUT2D eigenvalue weighted by Gasteiger charge is -2.42. The van der Waals surface area contributed by atoms with Crippen LogP contribution in [-0.2, 0) is 11.3 Å². The lowest BCUT2D eigenvalue weighted by Crippen LogP contribution is -2.51. The van der Waals surface area contributed by atoms with Gasteiger partial charge in [-0.2, -0.15) is 0 Å². The highest BCUT2D eigenvalue weighted by atomic mass is 16.6. The zero-order chi connectivity index (χ0) is 21.0. The molecular weight excluding hydrogens is 368 g/mol. The second-order valence-corrected chi connectivity index (χ2v) is 8.34. The van der Waals surface area contributed by atoms with Gasteiger partial charge in [0, 0.05) is 26.2 Å². The lowest BCUT2D eigenvalue weighted by atomic mass is 10.0. The van der Waals surface area contributed by atoms with Crippen LogP contribution in [0.5, 0.6) is 0 Å². The molecule has 2 aromatic rings.